The molecule has 0 radical (unpaired) electrons. The average Bonchev–Trinajstić information content (AvgIpc) is 2.74. The van der Waals surface area contributed by atoms with Gasteiger partial charge in [0, 0.05) is 16.2 Å². The minimum absolute atomic E-state index is 0.104. The van der Waals surface area contributed by atoms with Crippen LogP contribution in [0.1, 0.15) is 34.2 Å². The average molecular weight is 488 g/mol. The summed E-state index contributed by atoms with van der Waals surface area (Å²) in [5, 5.41) is 6.76. The van der Waals surface area contributed by atoms with E-state index in [1.54, 1.807) is 37.3 Å². The van der Waals surface area contributed by atoms with Crippen LogP contribution in [0, 0.1) is 12.7 Å². The fourth-order valence-corrected chi connectivity index (χ4v) is 3.44. The number of methoxy groups -OCH3 is 1. The predicted octanol–water partition coefficient (Wildman–Crippen LogP) is 3.48. The van der Waals surface area contributed by atoms with Gasteiger partial charge in [-0.1, -0.05) is 40.2 Å². The summed E-state index contributed by atoms with van der Waals surface area (Å²) in [6.07, 6.45) is -0.147. The van der Waals surface area contributed by atoms with Gasteiger partial charge in [-0.15, -0.1) is 0 Å². The molecule has 1 heterocycles. The Balaban J connectivity index is 1.98. The van der Waals surface area contributed by atoms with Crippen molar-refractivity contribution in [3.05, 3.63) is 92.1 Å². The van der Waals surface area contributed by atoms with Crippen LogP contribution in [0.5, 0.6) is 0 Å². The maximum atomic E-state index is 14.2. The molecular weight excluding hydrogens is 469 g/mol. The molecule has 2 aromatic carbocycles. The van der Waals surface area contributed by atoms with Gasteiger partial charge in [0.05, 0.1) is 19.6 Å². The van der Waals surface area contributed by atoms with Crippen molar-refractivity contribution < 1.29 is 18.7 Å². The molecule has 160 valence electrons. The van der Waals surface area contributed by atoms with Gasteiger partial charge in [-0.05, 0) is 36.8 Å². The normalized spacial score (nSPS) is 11.6. The van der Waals surface area contributed by atoms with Gasteiger partial charge in [0.1, 0.15) is 11.5 Å². The van der Waals surface area contributed by atoms with Crippen molar-refractivity contribution in [1.82, 2.24) is 15.1 Å². The first-order valence-corrected chi connectivity index (χ1v) is 10.1. The van der Waals surface area contributed by atoms with Crippen LogP contribution >= 0.6 is 15.9 Å². The number of nitrogens with zero attached hydrogens (tertiary/aromatic N) is 2. The number of hydrogen-bond acceptors (Lipinski definition) is 5. The molecule has 0 saturated heterocycles. The van der Waals surface area contributed by atoms with Gasteiger partial charge in [-0.25, -0.2) is 9.07 Å². The minimum atomic E-state index is -0.788. The Morgan fingerprint density at radius 2 is 1.94 bits per heavy atom. The van der Waals surface area contributed by atoms with E-state index in [9.17, 15) is 18.8 Å². The van der Waals surface area contributed by atoms with Crippen LogP contribution in [0.2, 0.25) is 0 Å². The number of halogens is 2. The van der Waals surface area contributed by atoms with E-state index in [0.717, 1.165) is 4.47 Å². The molecule has 0 spiro atoms. The van der Waals surface area contributed by atoms with Crippen LogP contribution in [0.25, 0.3) is 5.69 Å². The number of hydrogen-bond donors (Lipinski definition) is 1. The summed E-state index contributed by atoms with van der Waals surface area (Å²) in [5.41, 5.74) is 0.0685. The van der Waals surface area contributed by atoms with Crippen LogP contribution in [-0.2, 0) is 9.53 Å². The number of aryl methyl sites for hydroxylation is 1. The van der Waals surface area contributed by atoms with Crippen LogP contribution in [0.3, 0.4) is 0 Å². The Labute approximate surface area is 186 Å². The first-order chi connectivity index (χ1) is 14.8. The second-order valence-electron chi connectivity index (χ2n) is 6.72. The van der Waals surface area contributed by atoms with Crippen molar-refractivity contribution in [3.63, 3.8) is 0 Å². The number of nitrogens with one attached hydrogen (secondary N) is 1. The van der Waals surface area contributed by atoms with E-state index in [4.69, 9.17) is 4.74 Å². The summed E-state index contributed by atoms with van der Waals surface area (Å²) in [7, 11) is 1.25. The molecule has 1 amide bonds. The van der Waals surface area contributed by atoms with Gasteiger partial charge in [0.25, 0.3) is 5.91 Å². The van der Waals surface area contributed by atoms with Crippen molar-refractivity contribution >= 4 is 27.8 Å². The molecule has 1 unspecified atom stereocenters. The van der Waals surface area contributed by atoms with Gasteiger partial charge >= 0.3 is 5.97 Å². The van der Waals surface area contributed by atoms with Gasteiger partial charge in [0.2, 0.25) is 5.43 Å². The highest BCUT2D eigenvalue weighted by atomic mass is 79.9. The van der Waals surface area contributed by atoms with E-state index in [2.05, 4.69) is 26.3 Å². The smallest absolute Gasteiger partial charge is 0.307 e. The lowest BCUT2D eigenvalue weighted by Gasteiger charge is -2.19. The molecular formula is C22H19BrFN3O4. The lowest BCUT2D eigenvalue weighted by Crippen LogP contribution is -2.35. The third kappa shape index (κ3) is 5.24. The Morgan fingerprint density at radius 3 is 2.61 bits per heavy atom. The van der Waals surface area contributed by atoms with Crippen molar-refractivity contribution in [1.29, 1.82) is 0 Å². The molecule has 31 heavy (non-hydrogen) atoms. The Bertz CT molecular complexity index is 1200. The van der Waals surface area contributed by atoms with Crippen LogP contribution in [-0.4, -0.2) is 28.8 Å². The minimum Gasteiger partial charge on any atom is -0.469 e. The molecule has 0 fully saturated rings. The Morgan fingerprint density at radius 1 is 1.19 bits per heavy atom. The highest BCUT2D eigenvalue weighted by molar-refractivity contribution is 9.10. The standard InChI is InChI=1S/C22H19BrFN3O4/c1-13-10-19(28)21(26-27(13)18-9-4-3-8-16(18)24)22(30)25-17(12-20(29)31-2)14-6-5-7-15(23)11-14/h3-11,17H,12H2,1-2H3,(H,25,30). The molecule has 1 aromatic heterocycles. The van der Waals surface area contributed by atoms with Crippen molar-refractivity contribution in [2.75, 3.05) is 7.11 Å². The molecule has 0 saturated carbocycles. The van der Waals surface area contributed by atoms with Gasteiger partial charge in [0.15, 0.2) is 5.69 Å². The maximum absolute atomic E-state index is 14.2. The number of para-hydroxylation sites is 1. The molecule has 0 aliphatic heterocycles. The monoisotopic (exact) mass is 487 g/mol. The molecule has 3 rings (SSSR count). The van der Waals surface area contributed by atoms with E-state index in [-0.39, 0.29) is 12.1 Å². The Kier molecular flexibility index (Phi) is 6.96. The number of amides is 1. The van der Waals surface area contributed by atoms with E-state index < -0.39 is 34.9 Å². The fourth-order valence-electron chi connectivity index (χ4n) is 3.02. The summed E-state index contributed by atoms with van der Waals surface area (Å²) in [5.74, 6) is -1.87. The van der Waals surface area contributed by atoms with Crippen molar-refractivity contribution in [2.45, 2.75) is 19.4 Å². The predicted molar refractivity (Wildman–Crippen MR) is 116 cm³/mol. The van der Waals surface area contributed by atoms with Crippen molar-refractivity contribution in [3.8, 4) is 5.69 Å². The van der Waals surface area contributed by atoms with Gasteiger partial charge < -0.3 is 10.1 Å². The zero-order valence-corrected chi connectivity index (χ0v) is 18.3. The van der Waals surface area contributed by atoms with Crippen LogP contribution in [0.4, 0.5) is 4.39 Å². The summed E-state index contributed by atoms with van der Waals surface area (Å²) in [6.45, 7) is 1.59. The number of ether oxygens (including phenoxy) is 1. The van der Waals surface area contributed by atoms with Crippen molar-refractivity contribution in [2.24, 2.45) is 0 Å². The molecule has 0 aliphatic carbocycles. The lowest BCUT2D eigenvalue weighted by atomic mass is 10.0. The first-order valence-electron chi connectivity index (χ1n) is 9.29. The highest BCUT2D eigenvalue weighted by Crippen LogP contribution is 2.22. The molecule has 1 atom stereocenters. The largest absolute Gasteiger partial charge is 0.469 e. The molecule has 1 N–H and O–H groups in total. The van der Waals surface area contributed by atoms with E-state index in [1.807, 2.05) is 0 Å². The summed E-state index contributed by atoms with van der Waals surface area (Å²) in [6, 6.07) is 13.4. The second kappa shape index (κ2) is 9.65. The first kappa shape index (κ1) is 22.4. The zero-order valence-electron chi connectivity index (χ0n) is 16.8. The van der Waals surface area contributed by atoms with E-state index in [0.29, 0.717) is 11.3 Å². The molecule has 7 nitrogen and oxygen atoms in total. The lowest BCUT2D eigenvalue weighted by molar-refractivity contribution is -0.141. The fraction of sp³-hybridized carbons (Fsp3) is 0.182. The molecule has 3 aromatic rings. The number of rotatable bonds is 6. The van der Waals surface area contributed by atoms with Gasteiger partial charge in [-0.2, -0.15) is 5.10 Å². The molecule has 9 heteroatoms. The summed E-state index contributed by atoms with van der Waals surface area (Å²) in [4.78, 5) is 37.3. The number of benzene rings is 2. The third-order valence-corrected chi connectivity index (χ3v) is 5.05. The van der Waals surface area contributed by atoms with Crippen LogP contribution < -0.4 is 10.7 Å². The Hall–Kier alpha value is -3.33. The number of aromatic nitrogens is 2. The SMILES string of the molecule is COC(=O)CC(NC(=O)c1nn(-c2ccccc2F)c(C)cc1=O)c1cccc(Br)c1. The van der Waals surface area contributed by atoms with Gasteiger partial charge in [-0.3, -0.25) is 14.4 Å². The highest BCUT2D eigenvalue weighted by Gasteiger charge is 2.23. The third-order valence-electron chi connectivity index (χ3n) is 4.56. The summed E-state index contributed by atoms with van der Waals surface area (Å²) < 4.78 is 20.9. The number of carbonyl (C=O) groups is 2. The van der Waals surface area contributed by atoms with E-state index in [1.165, 1.54) is 36.1 Å². The van der Waals surface area contributed by atoms with Crippen LogP contribution in [0.15, 0.2) is 63.9 Å². The number of carbonyl (C=O) groups excluding carboxylic acids is 2. The molecule has 0 bridgehead atoms. The maximum Gasteiger partial charge on any atom is 0.307 e. The molecule has 0 aliphatic rings. The second-order valence-corrected chi connectivity index (χ2v) is 7.64. The quantitative estimate of drug-likeness (QED) is 0.537. The summed E-state index contributed by atoms with van der Waals surface area (Å²) >= 11 is 3.36. The zero-order chi connectivity index (χ0) is 22.5. The number of esters is 1. The topological polar surface area (TPSA) is 90.3 Å². The van der Waals surface area contributed by atoms with E-state index >= 15 is 0 Å².